The van der Waals surface area contributed by atoms with Gasteiger partial charge in [-0.15, -0.1) is 0 Å². The van der Waals surface area contributed by atoms with Crippen molar-refractivity contribution in [3.05, 3.63) is 29.6 Å². The summed E-state index contributed by atoms with van der Waals surface area (Å²) in [5.74, 6) is -0.847. The van der Waals surface area contributed by atoms with E-state index in [4.69, 9.17) is 9.47 Å². The molecule has 0 radical (unpaired) electrons. The van der Waals surface area contributed by atoms with E-state index in [1.807, 2.05) is 13.8 Å². The van der Waals surface area contributed by atoms with Crippen LogP contribution in [0, 0.1) is 0 Å². The SMILES string of the molecule is CC(C)NC(=O)c1cncc(C(=O)N2CCC3(CC2)OCCO3)c1. The number of nitrogens with zero attached hydrogens (tertiary/aromatic N) is 2. The minimum absolute atomic E-state index is 0.0292. The van der Waals surface area contributed by atoms with Gasteiger partial charge in [-0.1, -0.05) is 0 Å². The lowest BCUT2D eigenvalue weighted by Crippen LogP contribution is -2.47. The fourth-order valence-corrected chi connectivity index (χ4v) is 3.05. The molecule has 0 aromatic carbocycles. The Bertz CT molecular complexity index is 616. The average molecular weight is 333 g/mol. The molecule has 2 fully saturated rings. The Balaban J connectivity index is 1.66. The Morgan fingerprint density at radius 3 is 2.42 bits per heavy atom. The van der Waals surface area contributed by atoms with E-state index in [1.54, 1.807) is 11.0 Å². The monoisotopic (exact) mass is 333 g/mol. The van der Waals surface area contributed by atoms with Crippen LogP contribution < -0.4 is 5.32 Å². The summed E-state index contributed by atoms with van der Waals surface area (Å²) in [4.78, 5) is 30.5. The Hall–Kier alpha value is -1.99. The number of piperidine rings is 1. The molecule has 1 spiro atoms. The molecule has 0 saturated carbocycles. The summed E-state index contributed by atoms with van der Waals surface area (Å²) in [7, 11) is 0. The van der Waals surface area contributed by atoms with Crippen molar-refractivity contribution in [3.63, 3.8) is 0 Å². The normalized spacial score (nSPS) is 19.7. The van der Waals surface area contributed by atoms with Crippen LogP contribution >= 0.6 is 0 Å². The van der Waals surface area contributed by atoms with Crippen molar-refractivity contribution in [2.75, 3.05) is 26.3 Å². The second kappa shape index (κ2) is 6.86. The number of nitrogens with one attached hydrogen (secondary N) is 1. The van der Waals surface area contributed by atoms with Gasteiger partial charge in [0.25, 0.3) is 11.8 Å². The summed E-state index contributed by atoms with van der Waals surface area (Å²) in [6.45, 7) is 6.15. The number of rotatable bonds is 3. The van der Waals surface area contributed by atoms with Crippen molar-refractivity contribution >= 4 is 11.8 Å². The number of hydrogen-bond acceptors (Lipinski definition) is 5. The number of ether oxygens (including phenoxy) is 2. The molecule has 3 rings (SSSR count). The van der Waals surface area contributed by atoms with Gasteiger partial charge in [0, 0.05) is 44.4 Å². The van der Waals surface area contributed by atoms with Crippen LogP contribution in [0.1, 0.15) is 47.4 Å². The van der Waals surface area contributed by atoms with E-state index in [1.165, 1.54) is 12.4 Å². The summed E-state index contributed by atoms with van der Waals surface area (Å²) >= 11 is 0. The third-order valence-electron chi connectivity index (χ3n) is 4.29. The molecule has 0 bridgehead atoms. The highest BCUT2D eigenvalue weighted by Gasteiger charge is 2.40. The van der Waals surface area contributed by atoms with Gasteiger partial charge in [0.15, 0.2) is 5.79 Å². The number of carbonyl (C=O) groups is 2. The molecule has 0 aliphatic carbocycles. The van der Waals surface area contributed by atoms with Gasteiger partial charge < -0.3 is 19.7 Å². The number of likely N-dealkylation sites (tertiary alicyclic amines) is 1. The highest BCUT2D eigenvalue weighted by molar-refractivity contribution is 5.99. The van der Waals surface area contributed by atoms with Crippen LogP contribution in [0.15, 0.2) is 18.5 Å². The second-order valence-corrected chi connectivity index (χ2v) is 6.49. The fraction of sp³-hybridized carbons (Fsp3) is 0.588. The number of carbonyl (C=O) groups excluding carboxylic acids is 2. The van der Waals surface area contributed by atoms with E-state index in [0.717, 1.165) is 0 Å². The van der Waals surface area contributed by atoms with Gasteiger partial charge in [0.2, 0.25) is 0 Å². The van der Waals surface area contributed by atoms with Crippen molar-refractivity contribution < 1.29 is 19.1 Å². The maximum Gasteiger partial charge on any atom is 0.255 e. The van der Waals surface area contributed by atoms with Gasteiger partial charge in [-0.25, -0.2) is 0 Å². The molecule has 7 heteroatoms. The molecule has 24 heavy (non-hydrogen) atoms. The molecule has 7 nitrogen and oxygen atoms in total. The molecule has 2 saturated heterocycles. The van der Waals surface area contributed by atoms with E-state index in [2.05, 4.69) is 10.3 Å². The van der Waals surface area contributed by atoms with Gasteiger partial charge in [-0.05, 0) is 19.9 Å². The smallest absolute Gasteiger partial charge is 0.255 e. The summed E-state index contributed by atoms with van der Waals surface area (Å²) in [5.41, 5.74) is 0.820. The molecule has 1 N–H and O–H groups in total. The summed E-state index contributed by atoms with van der Waals surface area (Å²) < 4.78 is 11.4. The van der Waals surface area contributed by atoms with Crippen molar-refractivity contribution in [2.24, 2.45) is 0 Å². The largest absolute Gasteiger partial charge is 0.350 e. The number of hydrogen-bond donors (Lipinski definition) is 1. The van der Waals surface area contributed by atoms with Crippen molar-refractivity contribution in [2.45, 2.75) is 38.5 Å². The first-order valence-electron chi connectivity index (χ1n) is 8.32. The first-order chi connectivity index (χ1) is 11.5. The van der Waals surface area contributed by atoms with E-state index in [9.17, 15) is 9.59 Å². The lowest BCUT2D eigenvalue weighted by molar-refractivity contribution is -0.181. The minimum Gasteiger partial charge on any atom is -0.350 e. The van der Waals surface area contributed by atoms with E-state index in [-0.39, 0.29) is 17.9 Å². The van der Waals surface area contributed by atoms with Crippen LogP contribution in [0.25, 0.3) is 0 Å². The topological polar surface area (TPSA) is 80.8 Å². The zero-order chi connectivity index (χ0) is 17.2. The van der Waals surface area contributed by atoms with Gasteiger partial charge in [-0.2, -0.15) is 0 Å². The van der Waals surface area contributed by atoms with Crippen LogP contribution in [0.4, 0.5) is 0 Å². The molecule has 2 aliphatic heterocycles. The molecule has 1 aromatic rings. The van der Waals surface area contributed by atoms with Crippen LogP contribution in [-0.2, 0) is 9.47 Å². The Kier molecular flexibility index (Phi) is 4.82. The molecule has 2 aliphatic rings. The standard InChI is InChI=1S/C17H23N3O4/c1-12(2)19-15(21)13-9-14(11-18-10-13)16(22)20-5-3-17(4-6-20)23-7-8-24-17/h9-12H,3-8H2,1-2H3,(H,19,21). The Morgan fingerprint density at radius 1 is 1.17 bits per heavy atom. The van der Waals surface area contributed by atoms with Crippen LogP contribution in [0.5, 0.6) is 0 Å². The van der Waals surface area contributed by atoms with Gasteiger partial charge in [-0.3, -0.25) is 14.6 Å². The van der Waals surface area contributed by atoms with Gasteiger partial charge in [0.1, 0.15) is 0 Å². The molecular weight excluding hydrogens is 310 g/mol. The minimum atomic E-state index is -0.506. The van der Waals surface area contributed by atoms with E-state index >= 15 is 0 Å². The highest BCUT2D eigenvalue weighted by Crippen LogP contribution is 2.31. The quantitative estimate of drug-likeness (QED) is 0.899. The van der Waals surface area contributed by atoms with Gasteiger partial charge in [0.05, 0.1) is 24.3 Å². The number of aromatic nitrogens is 1. The first kappa shape index (κ1) is 16.9. The van der Waals surface area contributed by atoms with Crippen LogP contribution in [0.3, 0.4) is 0 Å². The predicted octanol–water partition coefficient (Wildman–Crippen LogP) is 1.20. The molecule has 3 heterocycles. The number of pyridine rings is 1. The molecule has 130 valence electrons. The van der Waals surface area contributed by atoms with Crippen LogP contribution in [0.2, 0.25) is 0 Å². The lowest BCUT2D eigenvalue weighted by atomic mass is 10.0. The van der Waals surface area contributed by atoms with Crippen molar-refractivity contribution in [1.29, 1.82) is 0 Å². The predicted molar refractivity (Wildman–Crippen MR) is 86.6 cm³/mol. The number of amides is 2. The first-order valence-corrected chi connectivity index (χ1v) is 8.32. The van der Waals surface area contributed by atoms with Crippen molar-refractivity contribution in [1.82, 2.24) is 15.2 Å². The molecule has 2 amide bonds. The average Bonchev–Trinajstić information content (AvgIpc) is 3.02. The Morgan fingerprint density at radius 2 is 1.79 bits per heavy atom. The zero-order valence-electron chi connectivity index (χ0n) is 14.1. The van der Waals surface area contributed by atoms with Crippen LogP contribution in [-0.4, -0.2) is 59.8 Å². The highest BCUT2D eigenvalue weighted by atomic mass is 16.7. The lowest BCUT2D eigenvalue weighted by Gasteiger charge is -2.37. The molecule has 0 atom stereocenters. The van der Waals surface area contributed by atoms with Gasteiger partial charge >= 0.3 is 0 Å². The third-order valence-corrected chi connectivity index (χ3v) is 4.29. The van der Waals surface area contributed by atoms with E-state index < -0.39 is 5.79 Å². The summed E-state index contributed by atoms with van der Waals surface area (Å²) in [6, 6.07) is 1.63. The molecule has 0 unspecified atom stereocenters. The summed E-state index contributed by atoms with van der Waals surface area (Å²) in [5, 5.41) is 2.80. The molecule has 1 aromatic heterocycles. The maximum atomic E-state index is 12.7. The van der Waals surface area contributed by atoms with E-state index in [0.29, 0.717) is 50.3 Å². The third kappa shape index (κ3) is 3.57. The fourth-order valence-electron chi connectivity index (χ4n) is 3.05. The molecular formula is C17H23N3O4. The Labute approximate surface area is 141 Å². The van der Waals surface area contributed by atoms with Crippen molar-refractivity contribution in [3.8, 4) is 0 Å². The second-order valence-electron chi connectivity index (χ2n) is 6.49. The summed E-state index contributed by atoms with van der Waals surface area (Å²) in [6.07, 6.45) is 4.31. The maximum absolute atomic E-state index is 12.7. The zero-order valence-corrected chi connectivity index (χ0v) is 14.1.